The zero-order valence-corrected chi connectivity index (χ0v) is 17.3. The Hall–Kier alpha value is -3.41. The molecule has 6 heteroatoms. The van der Waals surface area contributed by atoms with E-state index in [9.17, 15) is 9.59 Å². The van der Waals surface area contributed by atoms with E-state index in [1.807, 2.05) is 54.3 Å². The lowest BCUT2D eigenvalue weighted by atomic mass is 9.71. The Labute approximate surface area is 175 Å². The van der Waals surface area contributed by atoms with Crippen molar-refractivity contribution < 1.29 is 9.59 Å². The van der Waals surface area contributed by atoms with E-state index >= 15 is 0 Å². The van der Waals surface area contributed by atoms with Gasteiger partial charge in [-0.15, -0.1) is 0 Å². The van der Waals surface area contributed by atoms with E-state index in [2.05, 4.69) is 30.3 Å². The van der Waals surface area contributed by atoms with Gasteiger partial charge in [0.2, 0.25) is 11.8 Å². The van der Waals surface area contributed by atoms with E-state index in [1.54, 1.807) is 10.9 Å². The molecule has 2 aliphatic heterocycles. The van der Waals surface area contributed by atoms with E-state index in [4.69, 9.17) is 0 Å². The molecule has 2 aromatic carbocycles. The molecule has 0 fully saturated rings. The summed E-state index contributed by atoms with van der Waals surface area (Å²) < 4.78 is 1.71. The number of carbonyl (C=O) groups is 2. The van der Waals surface area contributed by atoms with Crippen LogP contribution in [-0.2, 0) is 15.0 Å². The minimum absolute atomic E-state index is 0.0412. The summed E-state index contributed by atoms with van der Waals surface area (Å²) in [5, 5.41) is 7.54. The molecule has 6 nitrogen and oxygen atoms in total. The van der Waals surface area contributed by atoms with Crippen molar-refractivity contribution in [3.05, 3.63) is 71.4 Å². The molecule has 0 saturated carbocycles. The number of amides is 2. The number of anilines is 2. The van der Waals surface area contributed by atoms with Crippen LogP contribution >= 0.6 is 0 Å². The zero-order chi connectivity index (χ0) is 21.0. The number of para-hydroxylation sites is 1. The predicted molar refractivity (Wildman–Crippen MR) is 116 cm³/mol. The Kier molecular flexibility index (Phi) is 4.07. The van der Waals surface area contributed by atoms with Crippen molar-refractivity contribution in [1.29, 1.82) is 0 Å². The van der Waals surface area contributed by atoms with E-state index in [1.165, 1.54) is 0 Å². The van der Waals surface area contributed by atoms with Crippen LogP contribution in [0.2, 0.25) is 0 Å². The molecule has 0 aliphatic carbocycles. The van der Waals surface area contributed by atoms with Crippen LogP contribution in [0.25, 0.3) is 5.69 Å². The monoisotopic (exact) mass is 400 g/mol. The van der Waals surface area contributed by atoms with Gasteiger partial charge in [-0.3, -0.25) is 9.59 Å². The summed E-state index contributed by atoms with van der Waals surface area (Å²) >= 11 is 0. The van der Waals surface area contributed by atoms with Crippen molar-refractivity contribution in [2.45, 2.75) is 32.6 Å². The first-order valence-electron chi connectivity index (χ1n) is 10.3. The maximum atomic E-state index is 13.9. The first kappa shape index (κ1) is 18.6. The van der Waals surface area contributed by atoms with Gasteiger partial charge in [0.15, 0.2) is 0 Å². The van der Waals surface area contributed by atoms with Gasteiger partial charge in [0, 0.05) is 24.2 Å². The van der Waals surface area contributed by atoms with Gasteiger partial charge in [0.05, 0.1) is 11.9 Å². The average molecular weight is 400 g/mol. The number of aromatic nitrogens is 2. The summed E-state index contributed by atoms with van der Waals surface area (Å²) in [6.45, 7) is 6.82. The van der Waals surface area contributed by atoms with Crippen molar-refractivity contribution in [3.63, 3.8) is 0 Å². The fourth-order valence-electron chi connectivity index (χ4n) is 4.72. The van der Waals surface area contributed by atoms with E-state index < -0.39 is 5.41 Å². The summed E-state index contributed by atoms with van der Waals surface area (Å²) in [4.78, 5) is 28.7. The van der Waals surface area contributed by atoms with Crippen LogP contribution in [0.5, 0.6) is 0 Å². The van der Waals surface area contributed by atoms with Crippen LogP contribution in [0.15, 0.2) is 54.7 Å². The third-order valence-electron chi connectivity index (χ3n) is 5.97. The molecule has 2 amide bonds. The number of hydrogen-bond acceptors (Lipinski definition) is 3. The van der Waals surface area contributed by atoms with E-state index in [0.717, 1.165) is 28.1 Å². The van der Waals surface area contributed by atoms with Crippen LogP contribution in [-0.4, -0.2) is 28.1 Å². The molecule has 0 bridgehead atoms. The summed E-state index contributed by atoms with van der Waals surface area (Å²) in [6.07, 6.45) is 1.83. The average Bonchev–Trinajstić information content (AvgIpc) is 3.23. The Morgan fingerprint density at radius 3 is 2.60 bits per heavy atom. The van der Waals surface area contributed by atoms with Crippen LogP contribution in [0.4, 0.5) is 11.5 Å². The van der Waals surface area contributed by atoms with Crippen LogP contribution in [0.3, 0.4) is 0 Å². The maximum absolute atomic E-state index is 13.9. The zero-order valence-electron chi connectivity index (χ0n) is 17.3. The van der Waals surface area contributed by atoms with Gasteiger partial charge in [-0.2, -0.15) is 5.10 Å². The topological polar surface area (TPSA) is 67.2 Å². The lowest BCUT2D eigenvalue weighted by Gasteiger charge is -2.33. The quantitative estimate of drug-likeness (QED) is 0.727. The van der Waals surface area contributed by atoms with Crippen molar-refractivity contribution in [1.82, 2.24) is 9.78 Å². The molecule has 2 aliphatic rings. The van der Waals surface area contributed by atoms with Gasteiger partial charge in [-0.05, 0) is 36.6 Å². The van der Waals surface area contributed by atoms with E-state index in [-0.39, 0.29) is 18.2 Å². The third-order valence-corrected chi connectivity index (χ3v) is 5.97. The van der Waals surface area contributed by atoms with Gasteiger partial charge in [0.25, 0.3) is 0 Å². The number of benzene rings is 2. The Balaban J connectivity index is 1.76. The smallest absolute Gasteiger partial charge is 0.242 e. The van der Waals surface area contributed by atoms with Gasteiger partial charge >= 0.3 is 0 Å². The highest BCUT2D eigenvalue weighted by molar-refractivity contribution is 6.15. The molecule has 3 aromatic rings. The molecule has 0 radical (unpaired) electrons. The van der Waals surface area contributed by atoms with Crippen LogP contribution in [0.1, 0.15) is 37.0 Å². The molecule has 0 saturated heterocycles. The number of fused-ring (bicyclic) bond motifs is 4. The van der Waals surface area contributed by atoms with Crippen LogP contribution in [0, 0.1) is 12.8 Å². The number of nitrogens with zero attached hydrogens (tertiary/aromatic N) is 3. The second-order valence-corrected chi connectivity index (χ2v) is 8.61. The third kappa shape index (κ3) is 2.53. The maximum Gasteiger partial charge on any atom is 0.242 e. The molecule has 152 valence electrons. The molecule has 1 unspecified atom stereocenters. The van der Waals surface area contributed by atoms with Gasteiger partial charge < -0.3 is 10.2 Å². The highest BCUT2D eigenvalue weighted by atomic mass is 16.2. The number of rotatable bonds is 3. The van der Waals surface area contributed by atoms with Crippen molar-refractivity contribution in [3.8, 4) is 5.69 Å². The molecule has 1 N–H and O–H groups in total. The molecule has 1 spiro atoms. The van der Waals surface area contributed by atoms with Gasteiger partial charge in [-0.1, -0.05) is 49.7 Å². The summed E-state index contributed by atoms with van der Waals surface area (Å²) in [5.41, 5.74) is 3.42. The number of carbonyl (C=O) groups excluding carboxylic acids is 2. The molecule has 1 atom stereocenters. The second-order valence-electron chi connectivity index (χ2n) is 8.61. The lowest BCUT2D eigenvalue weighted by Crippen LogP contribution is -2.47. The summed E-state index contributed by atoms with van der Waals surface area (Å²) in [5.74, 6) is 0.666. The number of nitrogens with one attached hydrogen (secondary N) is 1. The largest absolute Gasteiger partial charge is 0.311 e. The highest BCUT2D eigenvalue weighted by Gasteiger charge is 2.57. The molecular weight excluding hydrogens is 376 g/mol. The number of hydrogen-bond donors (Lipinski definition) is 1. The number of aryl methyl sites for hydroxylation is 1. The molecule has 5 rings (SSSR count). The summed E-state index contributed by atoms with van der Waals surface area (Å²) in [6, 6.07) is 15.7. The van der Waals surface area contributed by atoms with Crippen molar-refractivity contribution in [2.24, 2.45) is 5.92 Å². The molecular formula is C24H24N4O2. The minimum atomic E-state index is -1.04. The SMILES string of the molecule is Cc1ccc2c(c1)C1(CC(=O)Nc3c1cnn3-c1ccccc1)C(=O)N2CC(C)C. The predicted octanol–water partition coefficient (Wildman–Crippen LogP) is 3.81. The fraction of sp³-hybridized carbons (Fsp3) is 0.292. The standard InChI is InChI=1S/C24H24N4O2/c1-15(2)14-27-20-10-9-16(3)11-18(20)24(23(27)30)12-21(29)26-22-19(24)13-25-28(22)17-7-5-4-6-8-17/h4-11,13,15H,12,14H2,1-3H3,(H,26,29). The van der Waals surface area contributed by atoms with Crippen molar-refractivity contribution >= 4 is 23.3 Å². The Morgan fingerprint density at radius 1 is 1.10 bits per heavy atom. The first-order chi connectivity index (χ1) is 14.4. The van der Waals surface area contributed by atoms with Gasteiger partial charge in [0.1, 0.15) is 11.2 Å². The first-order valence-corrected chi connectivity index (χ1v) is 10.3. The normalized spacial score (nSPS) is 19.9. The molecule has 3 heterocycles. The Morgan fingerprint density at radius 2 is 1.87 bits per heavy atom. The highest BCUT2D eigenvalue weighted by Crippen LogP contribution is 2.52. The van der Waals surface area contributed by atoms with E-state index in [0.29, 0.717) is 18.3 Å². The molecule has 30 heavy (non-hydrogen) atoms. The fourth-order valence-corrected chi connectivity index (χ4v) is 4.72. The van der Waals surface area contributed by atoms with Crippen LogP contribution < -0.4 is 10.2 Å². The second kappa shape index (κ2) is 6.55. The molecule has 1 aromatic heterocycles. The van der Waals surface area contributed by atoms with Gasteiger partial charge in [-0.25, -0.2) is 4.68 Å². The van der Waals surface area contributed by atoms with Crippen molar-refractivity contribution in [2.75, 3.05) is 16.8 Å². The lowest BCUT2D eigenvalue weighted by molar-refractivity contribution is -0.126. The Bertz CT molecular complexity index is 1170. The summed E-state index contributed by atoms with van der Waals surface area (Å²) in [7, 11) is 0. The minimum Gasteiger partial charge on any atom is -0.311 e.